The van der Waals surface area contributed by atoms with Gasteiger partial charge in [0.15, 0.2) is 0 Å². The third kappa shape index (κ3) is 2.05. The summed E-state index contributed by atoms with van der Waals surface area (Å²) < 4.78 is 0. The first-order valence-corrected chi connectivity index (χ1v) is 5.32. The zero-order valence-electron chi connectivity index (χ0n) is 8.93. The maximum absolute atomic E-state index is 9.04. The lowest BCUT2D eigenvalue weighted by Gasteiger charge is -2.08. The molecule has 2 aromatic rings. The monoisotopic (exact) mass is 211 g/mol. The Morgan fingerprint density at radius 2 is 1.88 bits per heavy atom. The van der Waals surface area contributed by atoms with E-state index in [2.05, 4.69) is 24.3 Å². The van der Waals surface area contributed by atoms with E-state index in [1.165, 1.54) is 10.8 Å². The molecular formula is C14H13NO. The van der Waals surface area contributed by atoms with E-state index >= 15 is 0 Å². The van der Waals surface area contributed by atoms with Crippen LogP contribution in [0.2, 0.25) is 0 Å². The summed E-state index contributed by atoms with van der Waals surface area (Å²) >= 11 is 0. The molecule has 0 aliphatic heterocycles. The molecule has 0 aliphatic rings. The van der Waals surface area contributed by atoms with Crippen LogP contribution in [0.25, 0.3) is 10.8 Å². The van der Waals surface area contributed by atoms with Crippen LogP contribution in [-0.2, 0) is 6.42 Å². The largest absolute Gasteiger partial charge is 0.395 e. The third-order valence-corrected chi connectivity index (χ3v) is 2.75. The van der Waals surface area contributed by atoms with Crippen molar-refractivity contribution in [3.63, 3.8) is 0 Å². The molecule has 0 saturated carbocycles. The first-order valence-electron chi connectivity index (χ1n) is 5.32. The first-order chi connectivity index (χ1) is 7.85. The Bertz CT molecular complexity index is 522. The van der Waals surface area contributed by atoms with Gasteiger partial charge in [-0.2, -0.15) is 5.26 Å². The summed E-state index contributed by atoms with van der Waals surface area (Å²) in [5.41, 5.74) is 1.12. The molecule has 0 amide bonds. The molecule has 16 heavy (non-hydrogen) atoms. The number of benzene rings is 2. The van der Waals surface area contributed by atoms with E-state index in [4.69, 9.17) is 10.4 Å². The smallest absolute Gasteiger partial charge is 0.0734 e. The minimum absolute atomic E-state index is 0.0836. The van der Waals surface area contributed by atoms with Crippen LogP contribution < -0.4 is 0 Å². The summed E-state index contributed by atoms with van der Waals surface area (Å²) in [5, 5.41) is 20.2. The maximum atomic E-state index is 9.04. The van der Waals surface area contributed by atoms with Gasteiger partial charge in [-0.1, -0.05) is 42.5 Å². The van der Waals surface area contributed by atoms with E-state index in [0.717, 1.165) is 5.56 Å². The van der Waals surface area contributed by atoms with Gasteiger partial charge in [-0.05, 0) is 22.8 Å². The number of rotatable bonds is 3. The summed E-state index contributed by atoms with van der Waals surface area (Å²) in [5.74, 6) is -0.314. The molecule has 0 unspecified atom stereocenters. The van der Waals surface area contributed by atoms with Crippen LogP contribution in [-0.4, -0.2) is 11.7 Å². The second-order valence-electron chi connectivity index (χ2n) is 3.85. The molecule has 2 rings (SSSR count). The average Bonchev–Trinajstić information content (AvgIpc) is 2.36. The van der Waals surface area contributed by atoms with Crippen LogP contribution in [0.4, 0.5) is 0 Å². The van der Waals surface area contributed by atoms with Gasteiger partial charge < -0.3 is 5.11 Å². The number of fused-ring (bicyclic) bond motifs is 1. The predicted molar refractivity (Wildman–Crippen MR) is 63.8 cm³/mol. The van der Waals surface area contributed by atoms with Gasteiger partial charge in [0.2, 0.25) is 0 Å². The molecule has 2 aromatic carbocycles. The van der Waals surface area contributed by atoms with Crippen molar-refractivity contribution in [1.29, 1.82) is 5.26 Å². The average molecular weight is 211 g/mol. The number of nitrogens with zero attached hydrogens (tertiary/aromatic N) is 1. The molecule has 0 heterocycles. The summed E-state index contributed by atoms with van der Waals surface area (Å²) in [6.45, 7) is -0.0836. The topological polar surface area (TPSA) is 44.0 Å². The normalized spacial score (nSPS) is 12.2. The molecule has 1 atom stereocenters. The van der Waals surface area contributed by atoms with Gasteiger partial charge in [0.05, 0.1) is 18.6 Å². The van der Waals surface area contributed by atoms with Crippen molar-refractivity contribution in [2.75, 3.05) is 6.61 Å². The summed E-state index contributed by atoms with van der Waals surface area (Å²) in [6, 6.07) is 16.3. The summed E-state index contributed by atoms with van der Waals surface area (Å²) in [4.78, 5) is 0. The highest BCUT2D eigenvalue weighted by Crippen LogP contribution is 2.20. The van der Waals surface area contributed by atoms with Gasteiger partial charge in [-0.25, -0.2) is 0 Å². The molecule has 0 bridgehead atoms. The molecule has 0 saturated heterocycles. The lowest BCUT2D eigenvalue weighted by Crippen LogP contribution is -2.06. The van der Waals surface area contributed by atoms with Crippen LogP contribution in [0.1, 0.15) is 5.56 Å². The zero-order chi connectivity index (χ0) is 11.4. The highest BCUT2D eigenvalue weighted by atomic mass is 16.3. The van der Waals surface area contributed by atoms with Crippen LogP contribution in [0.5, 0.6) is 0 Å². The fraction of sp³-hybridized carbons (Fsp3) is 0.214. The Hall–Kier alpha value is -1.85. The van der Waals surface area contributed by atoms with E-state index in [1.54, 1.807) is 0 Å². The van der Waals surface area contributed by atoms with Crippen molar-refractivity contribution in [2.45, 2.75) is 6.42 Å². The Kier molecular flexibility index (Phi) is 3.19. The van der Waals surface area contributed by atoms with Crippen LogP contribution in [0, 0.1) is 17.2 Å². The molecule has 0 spiro atoms. The van der Waals surface area contributed by atoms with Gasteiger partial charge in [-0.3, -0.25) is 0 Å². The summed E-state index contributed by atoms with van der Waals surface area (Å²) in [7, 11) is 0. The van der Waals surface area contributed by atoms with Crippen molar-refractivity contribution < 1.29 is 5.11 Å². The summed E-state index contributed by atoms with van der Waals surface area (Å²) in [6.07, 6.45) is 0.606. The van der Waals surface area contributed by atoms with Crippen molar-refractivity contribution >= 4 is 10.8 Å². The minimum atomic E-state index is -0.314. The highest BCUT2D eigenvalue weighted by Gasteiger charge is 2.08. The van der Waals surface area contributed by atoms with Crippen LogP contribution >= 0.6 is 0 Å². The second kappa shape index (κ2) is 4.78. The molecule has 0 aliphatic carbocycles. The van der Waals surface area contributed by atoms with Crippen molar-refractivity contribution in [1.82, 2.24) is 0 Å². The van der Waals surface area contributed by atoms with Crippen molar-refractivity contribution in [3.8, 4) is 6.07 Å². The molecular weight excluding hydrogens is 198 g/mol. The number of hydrogen-bond donors (Lipinski definition) is 1. The number of aliphatic hydroxyl groups excluding tert-OH is 1. The number of hydrogen-bond acceptors (Lipinski definition) is 2. The van der Waals surface area contributed by atoms with Crippen molar-refractivity contribution in [3.05, 3.63) is 48.0 Å². The van der Waals surface area contributed by atoms with E-state index in [0.29, 0.717) is 6.42 Å². The molecule has 0 aromatic heterocycles. The SMILES string of the molecule is N#C[C@H](CO)Cc1cccc2ccccc12. The predicted octanol–water partition coefficient (Wildman–Crippen LogP) is 2.51. The van der Waals surface area contributed by atoms with Gasteiger partial charge in [0.1, 0.15) is 0 Å². The van der Waals surface area contributed by atoms with Crippen LogP contribution in [0.3, 0.4) is 0 Å². The molecule has 2 nitrogen and oxygen atoms in total. The molecule has 0 radical (unpaired) electrons. The van der Waals surface area contributed by atoms with E-state index in [9.17, 15) is 0 Å². The molecule has 2 heteroatoms. The van der Waals surface area contributed by atoms with Gasteiger partial charge in [-0.15, -0.1) is 0 Å². The van der Waals surface area contributed by atoms with Crippen molar-refractivity contribution in [2.24, 2.45) is 5.92 Å². The fourth-order valence-corrected chi connectivity index (χ4v) is 1.89. The first kappa shape index (κ1) is 10.7. The molecule has 80 valence electrons. The van der Waals surface area contributed by atoms with Gasteiger partial charge in [0.25, 0.3) is 0 Å². The fourth-order valence-electron chi connectivity index (χ4n) is 1.89. The van der Waals surface area contributed by atoms with Gasteiger partial charge in [0, 0.05) is 0 Å². The Morgan fingerprint density at radius 1 is 1.12 bits per heavy atom. The van der Waals surface area contributed by atoms with E-state index in [1.807, 2.05) is 24.3 Å². The number of nitriles is 1. The lowest BCUT2D eigenvalue weighted by molar-refractivity contribution is 0.256. The number of aliphatic hydroxyl groups is 1. The third-order valence-electron chi connectivity index (χ3n) is 2.75. The van der Waals surface area contributed by atoms with Crippen LogP contribution in [0.15, 0.2) is 42.5 Å². The minimum Gasteiger partial charge on any atom is -0.395 e. The second-order valence-corrected chi connectivity index (χ2v) is 3.85. The lowest BCUT2D eigenvalue weighted by atomic mass is 9.96. The standard InChI is InChI=1S/C14H13NO/c15-9-11(10-16)8-13-6-3-5-12-4-1-2-7-14(12)13/h1-7,11,16H,8,10H2/t11-/m1/s1. The Morgan fingerprint density at radius 3 is 2.62 bits per heavy atom. The van der Waals surface area contributed by atoms with Gasteiger partial charge >= 0.3 is 0 Å². The highest BCUT2D eigenvalue weighted by molar-refractivity contribution is 5.85. The molecule has 1 N–H and O–H groups in total. The Labute approximate surface area is 94.8 Å². The molecule has 0 fully saturated rings. The van der Waals surface area contributed by atoms with E-state index < -0.39 is 0 Å². The quantitative estimate of drug-likeness (QED) is 0.847. The Balaban J connectivity index is 2.41. The zero-order valence-corrected chi connectivity index (χ0v) is 8.93. The van der Waals surface area contributed by atoms with E-state index in [-0.39, 0.29) is 12.5 Å². The maximum Gasteiger partial charge on any atom is 0.0734 e.